The van der Waals surface area contributed by atoms with Gasteiger partial charge in [0.25, 0.3) is 5.56 Å². The van der Waals surface area contributed by atoms with Crippen LogP contribution in [0.15, 0.2) is 11.4 Å². The molecule has 10 nitrogen and oxygen atoms in total. The number of nitrogen functional groups attached to an aromatic ring is 1. The minimum atomic E-state index is -2.37. The third-order valence-corrected chi connectivity index (χ3v) is 23.7. The summed E-state index contributed by atoms with van der Waals surface area (Å²) in [5.41, 5.74) is 6.09. The first kappa shape index (κ1) is 35.9. The summed E-state index contributed by atoms with van der Waals surface area (Å²) in [6.07, 6.45) is -0.491. The monoisotopic (exact) mass is 651 g/mol. The summed E-state index contributed by atoms with van der Waals surface area (Å²) in [4.78, 5) is 24.5. The number of imidazole rings is 1. The maximum atomic E-state index is 12.9. The summed E-state index contributed by atoms with van der Waals surface area (Å²) in [7, 11) is -6.82. The lowest BCUT2D eigenvalue weighted by Gasteiger charge is -2.44. The molecule has 2 aromatic heterocycles. The van der Waals surface area contributed by atoms with Crippen molar-refractivity contribution in [1.82, 2.24) is 19.5 Å². The van der Waals surface area contributed by atoms with Crippen molar-refractivity contribution < 1.29 is 18.0 Å². The molecule has 3 N–H and O–H groups in total. The Kier molecular flexibility index (Phi) is 9.70. The fraction of sp³-hybridized carbons (Fsp3) is 0.767. The second-order valence-electron chi connectivity index (χ2n) is 16.5. The first-order chi connectivity index (χ1) is 19.2. The van der Waals surface area contributed by atoms with Crippen molar-refractivity contribution in [3.63, 3.8) is 0 Å². The zero-order valence-electron chi connectivity index (χ0n) is 29.3. The van der Waals surface area contributed by atoms with Gasteiger partial charge in [-0.25, -0.2) is 4.98 Å². The van der Waals surface area contributed by atoms with Gasteiger partial charge in [-0.3, -0.25) is 14.3 Å². The highest BCUT2D eigenvalue weighted by Crippen LogP contribution is 2.47. The molecule has 43 heavy (non-hydrogen) atoms. The molecule has 1 aliphatic heterocycles. The molecular weight excluding hydrogens is 595 g/mol. The third-order valence-electron chi connectivity index (χ3n) is 10.2. The third kappa shape index (κ3) is 7.12. The molecule has 0 aromatic carbocycles. The Hall–Kier alpha value is -1.62. The molecule has 3 heterocycles. The van der Waals surface area contributed by atoms with Gasteiger partial charge in [-0.05, 0) is 60.5 Å². The van der Waals surface area contributed by atoms with Crippen molar-refractivity contribution in [2.75, 3.05) is 12.3 Å². The van der Waals surface area contributed by atoms with Crippen LogP contribution < -0.4 is 11.3 Å². The van der Waals surface area contributed by atoms with E-state index in [0.717, 1.165) is 0 Å². The van der Waals surface area contributed by atoms with Crippen LogP contribution >= 0.6 is 0 Å². The lowest BCUT2D eigenvalue weighted by atomic mass is 10.1. The van der Waals surface area contributed by atoms with Gasteiger partial charge in [0.05, 0.1) is 6.61 Å². The molecule has 0 unspecified atom stereocenters. The van der Waals surface area contributed by atoms with E-state index in [1.54, 1.807) is 10.6 Å². The van der Waals surface area contributed by atoms with Gasteiger partial charge in [-0.2, -0.15) is 4.98 Å². The molecule has 0 aliphatic carbocycles. The van der Waals surface area contributed by atoms with Crippen molar-refractivity contribution in [2.45, 2.75) is 141 Å². The van der Waals surface area contributed by atoms with Crippen LogP contribution in [0.3, 0.4) is 0 Å². The molecule has 0 spiro atoms. The second-order valence-corrected chi connectivity index (χ2v) is 30.8. The van der Waals surface area contributed by atoms with Crippen molar-refractivity contribution in [3.8, 4) is 0 Å². The summed E-state index contributed by atoms with van der Waals surface area (Å²) in [5, 5.41) is -0.0987. The minimum Gasteiger partial charge on any atom is -0.414 e. The van der Waals surface area contributed by atoms with E-state index in [1.807, 2.05) is 0 Å². The number of aromatic amines is 1. The predicted molar refractivity (Wildman–Crippen MR) is 184 cm³/mol. The number of fused-ring (bicyclic) bond motifs is 1. The van der Waals surface area contributed by atoms with Crippen molar-refractivity contribution in [1.29, 1.82) is 0 Å². The smallest absolute Gasteiger partial charge is 0.280 e. The van der Waals surface area contributed by atoms with Crippen molar-refractivity contribution in [3.05, 3.63) is 22.8 Å². The normalized spacial score (nSPS) is 22.9. The van der Waals surface area contributed by atoms with E-state index in [2.05, 4.69) is 123 Å². The Bertz CT molecular complexity index is 1380. The average molecular weight is 652 g/mol. The summed E-state index contributed by atoms with van der Waals surface area (Å²) < 4.78 is 30.0. The van der Waals surface area contributed by atoms with Gasteiger partial charge in [-0.1, -0.05) is 68.9 Å². The van der Waals surface area contributed by atoms with E-state index >= 15 is 0 Å². The predicted octanol–water partition coefficient (Wildman–Crippen LogP) is 7.04. The van der Waals surface area contributed by atoms with Crippen molar-refractivity contribution in [2.24, 2.45) is 0 Å². The van der Waals surface area contributed by atoms with Gasteiger partial charge < -0.3 is 23.7 Å². The number of rotatable bonds is 9. The molecule has 3 rings (SSSR count). The Morgan fingerprint density at radius 3 is 1.84 bits per heavy atom. The Labute approximate surface area is 261 Å². The van der Waals surface area contributed by atoms with E-state index in [1.165, 1.54) is 0 Å². The summed E-state index contributed by atoms with van der Waals surface area (Å²) in [6, 6.07) is 0. The highest BCUT2D eigenvalue weighted by atomic mass is 28.4. The van der Waals surface area contributed by atoms with Crippen LogP contribution in [0.2, 0.25) is 54.4 Å². The first-order valence-electron chi connectivity index (χ1n) is 15.3. The van der Waals surface area contributed by atoms with Crippen LogP contribution in [0.4, 0.5) is 5.95 Å². The van der Waals surface area contributed by atoms with Gasteiger partial charge in [0.2, 0.25) is 5.95 Å². The molecule has 244 valence electrons. The average Bonchev–Trinajstić information content (AvgIpc) is 3.33. The molecule has 0 amide bonds. The number of ether oxygens (including phenoxy) is 1. The highest BCUT2D eigenvalue weighted by molar-refractivity contribution is 6.75. The maximum Gasteiger partial charge on any atom is 0.280 e. The molecule has 0 saturated carbocycles. The Morgan fingerprint density at radius 2 is 1.37 bits per heavy atom. The molecule has 0 radical (unpaired) electrons. The number of nitrogens with two attached hydrogens (primary N) is 1. The number of aromatic nitrogens is 4. The lowest BCUT2D eigenvalue weighted by molar-refractivity contribution is -0.0473. The SMILES string of the molecule is C=Cc1nc2c(=O)[nH]c(N)nc2n1[C@@H]1O[C@H](CO[Si](C)(C)C(C)(C)C)[C@@H](O[Si](C)(C)C(C)(C)C)[C@H]1O[Si](C)(C)C(C)(C)C. The lowest BCUT2D eigenvalue weighted by Crippen LogP contribution is -2.54. The topological polar surface area (TPSA) is 127 Å². The fourth-order valence-electron chi connectivity index (χ4n) is 4.27. The van der Waals surface area contributed by atoms with Gasteiger partial charge in [0.15, 0.2) is 42.3 Å². The van der Waals surface area contributed by atoms with Crippen LogP contribution in [0.5, 0.6) is 0 Å². The van der Waals surface area contributed by atoms with E-state index in [9.17, 15) is 4.79 Å². The highest BCUT2D eigenvalue weighted by Gasteiger charge is 2.55. The molecule has 1 fully saturated rings. The van der Waals surface area contributed by atoms with E-state index in [0.29, 0.717) is 18.1 Å². The van der Waals surface area contributed by atoms with Crippen LogP contribution in [0, 0.1) is 0 Å². The largest absolute Gasteiger partial charge is 0.414 e. The fourth-order valence-corrected chi connectivity index (χ4v) is 7.89. The summed E-state index contributed by atoms with van der Waals surface area (Å²) >= 11 is 0. The van der Waals surface area contributed by atoms with Crippen LogP contribution in [-0.4, -0.2) is 69.4 Å². The van der Waals surface area contributed by atoms with Gasteiger partial charge >= 0.3 is 0 Å². The summed E-state index contributed by atoms with van der Waals surface area (Å²) in [5.74, 6) is 0.450. The number of anilines is 1. The van der Waals surface area contributed by atoms with Gasteiger partial charge in [-0.15, -0.1) is 0 Å². The van der Waals surface area contributed by atoms with Crippen molar-refractivity contribution >= 4 is 48.1 Å². The van der Waals surface area contributed by atoms with Gasteiger partial charge in [0.1, 0.15) is 24.1 Å². The molecule has 0 bridgehead atoms. The zero-order chi connectivity index (χ0) is 33.1. The minimum absolute atomic E-state index is 0.000933. The Balaban J connectivity index is 2.27. The quantitative estimate of drug-likeness (QED) is 0.276. The first-order valence-corrected chi connectivity index (χ1v) is 24.0. The Morgan fingerprint density at radius 1 is 0.884 bits per heavy atom. The van der Waals surface area contributed by atoms with Crippen LogP contribution in [0.1, 0.15) is 74.4 Å². The van der Waals surface area contributed by atoms with Crippen LogP contribution in [-0.2, 0) is 18.0 Å². The zero-order valence-corrected chi connectivity index (χ0v) is 32.3. The number of hydrogen-bond donors (Lipinski definition) is 2. The maximum absolute atomic E-state index is 12.9. The summed E-state index contributed by atoms with van der Waals surface area (Å²) in [6.45, 7) is 37.8. The molecule has 1 saturated heterocycles. The van der Waals surface area contributed by atoms with E-state index in [4.69, 9.17) is 23.7 Å². The standard InChI is InChI=1S/C30H57N5O5Si3/c1-17-20-32-21-24(33-27(31)34-25(21)36)35(20)26-23(40-43(15,16)30(8,9)10)22(39-42(13,14)29(5,6)7)19(38-26)18-37-41(11,12)28(2,3)4/h17,19,22-23,26H,1,18H2,2-16H3,(H3,31,33,34,36)/t19-,22-,23-,26-/m1/s1. The number of H-pyrrole nitrogens is 1. The molecule has 2 aromatic rings. The molecule has 1 aliphatic rings. The number of nitrogens with one attached hydrogen (secondary N) is 1. The van der Waals surface area contributed by atoms with Gasteiger partial charge in [0, 0.05) is 0 Å². The number of hydrogen-bond acceptors (Lipinski definition) is 8. The molecule has 13 heteroatoms. The number of nitrogens with zero attached hydrogens (tertiary/aromatic N) is 3. The molecular formula is C30H57N5O5Si3. The van der Waals surface area contributed by atoms with E-state index in [-0.39, 0.29) is 26.6 Å². The van der Waals surface area contributed by atoms with Crippen LogP contribution in [0.25, 0.3) is 17.2 Å². The second kappa shape index (κ2) is 11.6. The van der Waals surface area contributed by atoms with E-state index < -0.39 is 55.1 Å². The molecule has 4 atom stereocenters.